The van der Waals surface area contributed by atoms with Crippen LogP contribution in [0.4, 0.5) is 0 Å². The molecule has 0 radical (unpaired) electrons. The molecule has 1 unspecified atom stereocenters. The lowest BCUT2D eigenvalue weighted by molar-refractivity contribution is -0.142. The van der Waals surface area contributed by atoms with E-state index in [1.165, 1.54) is 0 Å². The maximum atomic E-state index is 12.8. The Kier molecular flexibility index (Phi) is 6.23. The molecular formula is C21H23Cl2NO2. The van der Waals surface area contributed by atoms with Crippen LogP contribution in [0.5, 0.6) is 0 Å². The first-order chi connectivity index (χ1) is 12.5. The predicted molar refractivity (Wildman–Crippen MR) is 106 cm³/mol. The zero-order valence-corrected chi connectivity index (χ0v) is 16.2. The summed E-state index contributed by atoms with van der Waals surface area (Å²) in [5, 5.41) is 11.2. The number of benzene rings is 2. The lowest BCUT2D eigenvalue weighted by Crippen LogP contribution is -2.49. The summed E-state index contributed by atoms with van der Waals surface area (Å²) in [6.45, 7) is 1.95. The van der Waals surface area contributed by atoms with Gasteiger partial charge in [-0.2, -0.15) is 0 Å². The first-order valence-corrected chi connectivity index (χ1v) is 9.73. The molecule has 1 heterocycles. The summed E-state index contributed by atoms with van der Waals surface area (Å²) in [6, 6.07) is 15.1. The minimum Gasteiger partial charge on any atom is -0.394 e. The van der Waals surface area contributed by atoms with Crippen LogP contribution >= 0.6 is 23.2 Å². The van der Waals surface area contributed by atoms with Crippen LogP contribution in [-0.4, -0.2) is 28.6 Å². The van der Waals surface area contributed by atoms with Crippen molar-refractivity contribution in [3.63, 3.8) is 0 Å². The largest absolute Gasteiger partial charge is 0.394 e. The number of hydrogen-bond acceptors (Lipinski definition) is 2. The summed E-state index contributed by atoms with van der Waals surface area (Å²) in [7, 11) is 0. The molecule has 1 aliphatic heterocycles. The minimum atomic E-state index is -0.204. The molecule has 0 saturated carbocycles. The molecule has 0 bridgehead atoms. The monoisotopic (exact) mass is 391 g/mol. The molecule has 138 valence electrons. The van der Waals surface area contributed by atoms with E-state index in [4.69, 9.17) is 23.2 Å². The molecule has 1 aliphatic rings. The number of halogens is 2. The van der Waals surface area contributed by atoms with Gasteiger partial charge in [0.05, 0.1) is 18.7 Å². The van der Waals surface area contributed by atoms with E-state index >= 15 is 0 Å². The quantitative estimate of drug-likeness (QED) is 0.759. The van der Waals surface area contributed by atoms with Gasteiger partial charge in [0, 0.05) is 22.4 Å². The van der Waals surface area contributed by atoms with Gasteiger partial charge in [-0.05, 0) is 48.2 Å². The number of aliphatic hydroxyl groups excluding tert-OH is 1. The third-order valence-corrected chi connectivity index (χ3v) is 5.69. The van der Waals surface area contributed by atoms with Gasteiger partial charge in [0.1, 0.15) is 0 Å². The fraction of sp³-hybridized carbons (Fsp3) is 0.381. The average Bonchev–Trinajstić information content (AvgIpc) is 2.64. The van der Waals surface area contributed by atoms with Crippen LogP contribution in [0, 0.1) is 0 Å². The lowest BCUT2D eigenvalue weighted by atomic mass is 9.79. The van der Waals surface area contributed by atoms with Gasteiger partial charge in [-0.25, -0.2) is 0 Å². The molecule has 1 fully saturated rings. The topological polar surface area (TPSA) is 40.5 Å². The van der Waals surface area contributed by atoms with E-state index < -0.39 is 0 Å². The molecule has 3 atom stereocenters. The second-order valence-corrected chi connectivity index (χ2v) is 7.62. The fourth-order valence-electron chi connectivity index (χ4n) is 3.90. The van der Waals surface area contributed by atoms with E-state index in [9.17, 15) is 9.90 Å². The van der Waals surface area contributed by atoms with Gasteiger partial charge in [0.2, 0.25) is 5.91 Å². The molecule has 5 heteroatoms. The van der Waals surface area contributed by atoms with Gasteiger partial charge in [0.15, 0.2) is 0 Å². The van der Waals surface area contributed by atoms with Gasteiger partial charge < -0.3 is 10.0 Å². The fourth-order valence-corrected chi connectivity index (χ4v) is 4.22. The maximum absolute atomic E-state index is 12.8. The Morgan fingerprint density at radius 2 is 1.85 bits per heavy atom. The van der Waals surface area contributed by atoms with Crippen molar-refractivity contribution in [3.8, 4) is 0 Å². The van der Waals surface area contributed by atoms with Crippen LogP contribution in [0.2, 0.25) is 10.0 Å². The van der Waals surface area contributed by atoms with E-state index in [0.717, 1.165) is 17.5 Å². The van der Waals surface area contributed by atoms with Crippen molar-refractivity contribution in [1.29, 1.82) is 0 Å². The second kappa shape index (κ2) is 8.43. The van der Waals surface area contributed by atoms with Crippen LogP contribution < -0.4 is 0 Å². The van der Waals surface area contributed by atoms with E-state index in [2.05, 4.69) is 6.07 Å². The van der Waals surface area contributed by atoms with Crippen molar-refractivity contribution in [3.05, 3.63) is 69.7 Å². The molecule has 1 saturated heterocycles. The molecule has 26 heavy (non-hydrogen) atoms. The molecule has 0 spiro atoms. The minimum absolute atomic E-state index is 0.0470. The Hall–Kier alpha value is -1.55. The summed E-state index contributed by atoms with van der Waals surface area (Å²) in [5.74, 6) is 0.206. The van der Waals surface area contributed by atoms with Crippen LogP contribution in [0.25, 0.3) is 0 Å². The zero-order chi connectivity index (χ0) is 18.7. The molecule has 3 nitrogen and oxygen atoms in total. The van der Waals surface area contributed by atoms with Gasteiger partial charge in [-0.1, -0.05) is 54.4 Å². The average molecular weight is 392 g/mol. The van der Waals surface area contributed by atoms with Crippen molar-refractivity contribution in [1.82, 2.24) is 4.90 Å². The maximum Gasteiger partial charge on any atom is 0.223 e. The number of carbonyl (C=O) groups is 1. The lowest BCUT2D eigenvalue weighted by Gasteiger charge is -2.45. The highest BCUT2D eigenvalue weighted by molar-refractivity contribution is 6.30. The molecule has 0 aliphatic carbocycles. The highest BCUT2D eigenvalue weighted by Crippen LogP contribution is 2.44. The van der Waals surface area contributed by atoms with Gasteiger partial charge in [-0.15, -0.1) is 0 Å². The number of carbonyl (C=O) groups excluding carboxylic acids is 1. The van der Waals surface area contributed by atoms with Gasteiger partial charge in [0.25, 0.3) is 0 Å². The highest BCUT2D eigenvalue weighted by Gasteiger charge is 2.40. The SMILES string of the molecule is CC[C@@H](CO)N1C(=O)CC[C@H](c2cccc(Cl)c2)C1c1ccc(Cl)cc1. The number of nitrogens with zero attached hydrogens (tertiary/aromatic N) is 1. The number of rotatable bonds is 5. The van der Waals surface area contributed by atoms with Crippen molar-refractivity contribution >= 4 is 29.1 Å². The molecule has 1 amide bonds. The second-order valence-electron chi connectivity index (χ2n) is 6.74. The number of aliphatic hydroxyl groups is 1. The summed E-state index contributed by atoms with van der Waals surface area (Å²) in [4.78, 5) is 14.7. The summed E-state index contributed by atoms with van der Waals surface area (Å²) in [5.41, 5.74) is 2.14. The van der Waals surface area contributed by atoms with E-state index in [0.29, 0.717) is 22.9 Å². The standard InChI is InChI=1S/C21H23Cl2NO2/c1-2-18(13-25)24-20(26)11-10-19(15-4-3-5-17(23)12-15)21(24)14-6-8-16(22)9-7-14/h3-9,12,18-19,21,25H,2,10-11,13H2,1H3/t18-,19+,21?/m0/s1. The third-order valence-electron chi connectivity index (χ3n) is 5.20. The zero-order valence-electron chi connectivity index (χ0n) is 14.7. The number of hydrogen-bond donors (Lipinski definition) is 1. The molecule has 1 N–H and O–H groups in total. The Balaban J connectivity index is 2.09. The van der Waals surface area contributed by atoms with E-state index in [-0.39, 0.29) is 30.5 Å². The number of likely N-dealkylation sites (tertiary alicyclic amines) is 1. The van der Waals surface area contributed by atoms with Crippen molar-refractivity contribution < 1.29 is 9.90 Å². The third kappa shape index (κ3) is 3.90. The normalized spacial score (nSPS) is 21.7. The Bertz CT molecular complexity index is 759. The highest BCUT2D eigenvalue weighted by atomic mass is 35.5. The molecule has 2 aromatic carbocycles. The number of amides is 1. The molecule has 2 aromatic rings. The van der Waals surface area contributed by atoms with E-state index in [1.807, 2.05) is 54.3 Å². The smallest absolute Gasteiger partial charge is 0.223 e. The van der Waals surface area contributed by atoms with Crippen LogP contribution in [0.15, 0.2) is 48.5 Å². The molecular weight excluding hydrogens is 369 g/mol. The van der Waals surface area contributed by atoms with E-state index in [1.54, 1.807) is 0 Å². The van der Waals surface area contributed by atoms with Gasteiger partial charge in [-0.3, -0.25) is 4.79 Å². The molecule has 3 rings (SSSR count). The first-order valence-electron chi connectivity index (χ1n) is 8.98. The Morgan fingerprint density at radius 3 is 2.46 bits per heavy atom. The van der Waals surface area contributed by atoms with Crippen molar-refractivity contribution in [2.24, 2.45) is 0 Å². The van der Waals surface area contributed by atoms with Crippen LogP contribution in [-0.2, 0) is 4.79 Å². The molecule has 0 aromatic heterocycles. The first kappa shape index (κ1) is 19.2. The Morgan fingerprint density at radius 1 is 1.12 bits per heavy atom. The van der Waals surface area contributed by atoms with Crippen LogP contribution in [0.3, 0.4) is 0 Å². The van der Waals surface area contributed by atoms with Crippen LogP contribution in [0.1, 0.15) is 49.3 Å². The predicted octanol–water partition coefficient (Wildman–Crippen LogP) is 5.21. The van der Waals surface area contributed by atoms with Gasteiger partial charge >= 0.3 is 0 Å². The summed E-state index contributed by atoms with van der Waals surface area (Å²) in [6.07, 6.45) is 1.93. The summed E-state index contributed by atoms with van der Waals surface area (Å²) >= 11 is 12.3. The Labute approximate surface area is 164 Å². The number of piperidine rings is 1. The van der Waals surface area contributed by atoms with Crippen molar-refractivity contribution in [2.75, 3.05) is 6.61 Å². The summed E-state index contributed by atoms with van der Waals surface area (Å²) < 4.78 is 0. The van der Waals surface area contributed by atoms with Crippen molar-refractivity contribution in [2.45, 2.75) is 44.2 Å².